The Morgan fingerprint density at radius 1 is 1.24 bits per heavy atom. The first kappa shape index (κ1) is 12.0. The van der Waals surface area contributed by atoms with Crippen LogP contribution in [0.3, 0.4) is 0 Å². The fourth-order valence-electron chi connectivity index (χ4n) is 1.66. The number of rotatable bonds is 3. The van der Waals surface area contributed by atoms with Crippen LogP contribution in [-0.2, 0) is 11.2 Å². The van der Waals surface area contributed by atoms with Gasteiger partial charge in [-0.2, -0.15) is 4.99 Å². The van der Waals surface area contributed by atoms with Gasteiger partial charge in [-0.1, -0.05) is 28.1 Å². The molecule has 1 heterocycles. The third-order valence-corrected chi connectivity index (χ3v) is 3.08. The molecule has 0 bridgehead atoms. The standard InChI is InChI=1S/C12H11BrN2O2/c1-2-15-11(16)10(14-12(15)17)7-8-3-5-9(13)6-4-8/h3-6H,2,7H2,1H3. The van der Waals surface area contributed by atoms with E-state index in [1.54, 1.807) is 6.92 Å². The summed E-state index contributed by atoms with van der Waals surface area (Å²) >= 11 is 3.34. The van der Waals surface area contributed by atoms with Crippen molar-refractivity contribution in [2.45, 2.75) is 13.3 Å². The minimum Gasteiger partial charge on any atom is -0.267 e. The summed E-state index contributed by atoms with van der Waals surface area (Å²) in [5, 5.41) is 0. The van der Waals surface area contributed by atoms with Crippen molar-refractivity contribution in [3.8, 4) is 0 Å². The summed E-state index contributed by atoms with van der Waals surface area (Å²) in [6.45, 7) is 2.12. The van der Waals surface area contributed by atoms with E-state index < -0.39 is 6.03 Å². The molecular formula is C12H11BrN2O2. The van der Waals surface area contributed by atoms with Crippen LogP contribution in [0.2, 0.25) is 0 Å². The fourth-order valence-corrected chi connectivity index (χ4v) is 1.92. The molecule has 1 aromatic carbocycles. The topological polar surface area (TPSA) is 49.7 Å². The maximum absolute atomic E-state index is 11.8. The average Bonchev–Trinajstić information content (AvgIpc) is 2.57. The molecule has 0 atom stereocenters. The van der Waals surface area contributed by atoms with Crippen molar-refractivity contribution in [1.29, 1.82) is 0 Å². The van der Waals surface area contributed by atoms with E-state index in [-0.39, 0.29) is 5.91 Å². The number of imide groups is 1. The molecule has 0 saturated carbocycles. The molecular weight excluding hydrogens is 284 g/mol. The van der Waals surface area contributed by atoms with Crippen LogP contribution < -0.4 is 0 Å². The molecule has 88 valence electrons. The van der Waals surface area contributed by atoms with E-state index in [0.717, 1.165) is 14.9 Å². The van der Waals surface area contributed by atoms with E-state index in [1.165, 1.54) is 0 Å². The van der Waals surface area contributed by atoms with Crippen LogP contribution in [0.1, 0.15) is 12.5 Å². The molecule has 0 unspecified atom stereocenters. The van der Waals surface area contributed by atoms with Crippen LogP contribution in [0, 0.1) is 0 Å². The Labute approximate surface area is 107 Å². The lowest BCUT2D eigenvalue weighted by atomic mass is 10.1. The first-order chi connectivity index (χ1) is 8.11. The van der Waals surface area contributed by atoms with Crippen LogP contribution in [0.4, 0.5) is 4.79 Å². The van der Waals surface area contributed by atoms with Gasteiger partial charge in [-0.25, -0.2) is 4.79 Å². The van der Waals surface area contributed by atoms with Crippen molar-refractivity contribution < 1.29 is 9.59 Å². The number of aliphatic imine (C=N–C) groups is 1. The van der Waals surface area contributed by atoms with Gasteiger partial charge in [0.15, 0.2) is 0 Å². The second-order valence-corrected chi connectivity index (χ2v) is 4.61. The van der Waals surface area contributed by atoms with Gasteiger partial charge in [-0.15, -0.1) is 0 Å². The predicted octanol–water partition coefficient (Wildman–Crippen LogP) is 2.41. The second-order valence-electron chi connectivity index (χ2n) is 3.69. The van der Waals surface area contributed by atoms with Crippen LogP contribution in [0.5, 0.6) is 0 Å². The number of carbonyl (C=O) groups excluding carboxylic acids is 2. The number of benzene rings is 1. The minimum absolute atomic E-state index is 0.277. The number of urea groups is 1. The second kappa shape index (κ2) is 4.79. The van der Waals surface area contributed by atoms with Crippen LogP contribution in [0.15, 0.2) is 33.7 Å². The Kier molecular flexibility index (Phi) is 3.38. The zero-order valence-corrected chi connectivity index (χ0v) is 10.9. The molecule has 1 aliphatic rings. The minimum atomic E-state index is -0.454. The number of carbonyl (C=O) groups is 2. The Balaban J connectivity index is 2.15. The average molecular weight is 295 g/mol. The predicted molar refractivity (Wildman–Crippen MR) is 68.1 cm³/mol. The number of nitrogens with zero attached hydrogens (tertiary/aromatic N) is 2. The SMILES string of the molecule is CCN1C(=O)N=C(Cc2ccc(Br)cc2)C1=O. The van der Waals surface area contributed by atoms with Gasteiger partial charge in [0, 0.05) is 17.4 Å². The summed E-state index contributed by atoms with van der Waals surface area (Å²) in [5.41, 5.74) is 1.28. The third kappa shape index (κ3) is 2.44. The van der Waals surface area contributed by atoms with Gasteiger partial charge >= 0.3 is 6.03 Å². The lowest BCUT2D eigenvalue weighted by molar-refractivity contribution is -0.120. The first-order valence-electron chi connectivity index (χ1n) is 5.29. The number of hydrogen-bond acceptors (Lipinski definition) is 2. The van der Waals surface area contributed by atoms with Gasteiger partial charge in [0.1, 0.15) is 5.71 Å². The summed E-state index contributed by atoms with van der Waals surface area (Å²) < 4.78 is 0.979. The van der Waals surface area contributed by atoms with Crippen molar-refractivity contribution in [2.24, 2.45) is 4.99 Å². The van der Waals surface area contributed by atoms with Crippen LogP contribution >= 0.6 is 15.9 Å². The molecule has 0 radical (unpaired) electrons. The summed E-state index contributed by atoms with van der Waals surface area (Å²) in [6.07, 6.45) is 0.397. The van der Waals surface area contributed by atoms with E-state index in [9.17, 15) is 9.59 Å². The lowest BCUT2D eigenvalue weighted by Crippen LogP contribution is -2.32. The quantitative estimate of drug-likeness (QED) is 0.860. The van der Waals surface area contributed by atoms with E-state index >= 15 is 0 Å². The molecule has 0 aromatic heterocycles. The van der Waals surface area contributed by atoms with Gasteiger partial charge in [-0.3, -0.25) is 9.69 Å². The highest BCUT2D eigenvalue weighted by molar-refractivity contribution is 9.10. The summed E-state index contributed by atoms with van der Waals surface area (Å²) in [4.78, 5) is 28.1. The smallest absolute Gasteiger partial charge is 0.267 e. The molecule has 0 N–H and O–H groups in total. The summed E-state index contributed by atoms with van der Waals surface area (Å²) in [6, 6.07) is 7.14. The van der Waals surface area contributed by atoms with Crippen LogP contribution in [0.25, 0.3) is 0 Å². The maximum atomic E-state index is 11.8. The largest absolute Gasteiger partial charge is 0.350 e. The number of amides is 3. The Bertz CT molecular complexity index is 494. The Morgan fingerprint density at radius 2 is 1.88 bits per heavy atom. The summed E-state index contributed by atoms with van der Waals surface area (Å²) in [5.74, 6) is -0.277. The lowest BCUT2D eigenvalue weighted by Gasteiger charge is -2.08. The van der Waals surface area contributed by atoms with Gasteiger partial charge in [0.2, 0.25) is 0 Å². The highest BCUT2D eigenvalue weighted by atomic mass is 79.9. The van der Waals surface area contributed by atoms with Crippen molar-refractivity contribution in [3.05, 3.63) is 34.3 Å². The third-order valence-electron chi connectivity index (χ3n) is 2.55. The molecule has 5 heteroatoms. The normalized spacial score (nSPS) is 15.4. The van der Waals surface area contributed by atoms with E-state index in [0.29, 0.717) is 18.7 Å². The molecule has 4 nitrogen and oxygen atoms in total. The van der Waals surface area contributed by atoms with Gasteiger partial charge < -0.3 is 0 Å². The molecule has 0 saturated heterocycles. The molecule has 0 spiro atoms. The zero-order chi connectivity index (χ0) is 12.4. The Morgan fingerprint density at radius 3 is 2.41 bits per heavy atom. The van der Waals surface area contributed by atoms with Crippen molar-refractivity contribution >= 4 is 33.6 Å². The first-order valence-corrected chi connectivity index (χ1v) is 6.09. The van der Waals surface area contributed by atoms with Gasteiger partial charge in [0.05, 0.1) is 0 Å². The molecule has 17 heavy (non-hydrogen) atoms. The Hall–Kier alpha value is -1.49. The van der Waals surface area contributed by atoms with Gasteiger partial charge in [0.25, 0.3) is 5.91 Å². The molecule has 1 aromatic rings. The van der Waals surface area contributed by atoms with E-state index in [1.807, 2.05) is 24.3 Å². The van der Waals surface area contributed by atoms with Crippen molar-refractivity contribution in [3.63, 3.8) is 0 Å². The zero-order valence-electron chi connectivity index (χ0n) is 9.31. The fraction of sp³-hybridized carbons (Fsp3) is 0.250. The molecule has 2 rings (SSSR count). The molecule has 0 aliphatic carbocycles. The molecule has 3 amide bonds. The molecule has 1 aliphatic heterocycles. The maximum Gasteiger partial charge on any atom is 0.350 e. The molecule has 0 fully saturated rings. The summed E-state index contributed by atoms with van der Waals surface area (Å²) in [7, 11) is 0. The van der Waals surface area contributed by atoms with E-state index in [4.69, 9.17) is 0 Å². The highest BCUT2D eigenvalue weighted by Crippen LogP contribution is 2.14. The van der Waals surface area contributed by atoms with Crippen molar-refractivity contribution in [2.75, 3.05) is 6.54 Å². The highest BCUT2D eigenvalue weighted by Gasteiger charge is 2.31. The van der Waals surface area contributed by atoms with E-state index in [2.05, 4.69) is 20.9 Å². The number of halogens is 1. The van der Waals surface area contributed by atoms with Crippen LogP contribution in [-0.4, -0.2) is 29.1 Å². The monoisotopic (exact) mass is 294 g/mol. The number of hydrogen-bond donors (Lipinski definition) is 0. The van der Waals surface area contributed by atoms with Gasteiger partial charge in [-0.05, 0) is 24.6 Å². The van der Waals surface area contributed by atoms with Crippen molar-refractivity contribution in [1.82, 2.24) is 4.90 Å².